The number of fused-ring (bicyclic) bond motifs is 1. The molecule has 0 aliphatic heterocycles. The van der Waals surface area contributed by atoms with Gasteiger partial charge in [-0.15, -0.1) is 0 Å². The van der Waals surface area contributed by atoms with Gasteiger partial charge in [-0.1, -0.05) is 30.7 Å². The number of aryl methyl sites for hydroxylation is 1. The molecule has 1 N–H and O–H groups in total. The summed E-state index contributed by atoms with van der Waals surface area (Å²) in [6.45, 7) is 1.32. The van der Waals surface area contributed by atoms with Gasteiger partial charge in [-0.3, -0.25) is 19.7 Å². The molecule has 31 heavy (non-hydrogen) atoms. The van der Waals surface area contributed by atoms with Crippen LogP contribution < -0.4 is 10.9 Å². The maximum Gasteiger partial charge on any atom is 0.336 e. The van der Waals surface area contributed by atoms with Crippen molar-refractivity contribution in [1.82, 2.24) is 5.32 Å². The summed E-state index contributed by atoms with van der Waals surface area (Å²) in [7, 11) is 0. The fourth-order valence-electron chi connectivity index (χ4n) is 2.87. The number of carbonyl (C=O) groups is 2. The fourth-order valence-corrected chi connectivity index (χ4v) is 3.06. The van der Waals surface area contributed by atoms with E-state index in [4.69, 9.17) is 20.8 Å². The molecule has 2 aromatic carbocycles. The van der Waals surface area contributed by atoms with Crippen molar-refractivity contribution in [3.8, 4) is 0 Å². The molecule has 0 radical (unpaired) electrons. The number of nitrogens with one attached hydrogen (secondary N) is 1. The van der Waals surface area contributed by atoms with Crippen molar-refractivity contribution in [3.63, 3.8) is 0 Å². The lowest BCUT2D eigenvalue weighted by molar-refractivity contribution is -0.384. The van der Waals surface area contributed by atoms with Gasteiger partial charge in [0, 0.05) is 28.6 Å². The minimum atomic E-state index is -0.747. The molecule has 3 aromatic rings. The van der Waals surface area contributed by atoms with E-state index >= 15 is 0 Å². The van der Waals surface area contributed by atoms with Crippen LogP contribution in [0.4, 0.5) is 5.69 Å². The van der Waals surface area contributed by atoms with Crippen LogP contribution in [0, 0.1) is 10.1 Å². The Morgan fingerprint density at radius 3 is 2.68 bits per heavy atom. The first-order chi connectivity index (χ1) is 14.8. The third kappa shape index (κ3) is 5.26. The molecule has 10 heteroatoms. The molecule has 1 heterocycles. The van der Waals surface area contributed by atoms with Gasteiger partial charge in [0.2, 0.25) is 0 Å². The average Bonchev–Trinajstić information content (AvgIpc) is 2.75. The van der Waals surface area contributed by atoms with Gasteiger partial charge < -0.3 is 14.5 Å². The molecule has 0 saturated carbocycles. The number of hydrogen-bond acceptors (Lipinski definition) is 7. The van der Waals surface area contributed by atoms with Crippen molar-refractivity contribution in [1.29, 1.82) is 0 Å². The highest BCUT2D eigenvalue weighted by Gasteiger charge is 2.17. The summed E-state index contributed by atoms with van der Waals surface area (Å²) in [5.41, 5.74) is 0.858. The second-order valence-electron chi connectivity index (χ2n) is 6.54. The molecule has 9 nitrogen and oxygen atoms in total. The fraction of sp³-hybridized carbons (Fsp3) is 0.190. The van der Waals surface area contributed by atoms with E-state index in [0.717, 1.165) is 18.1 Å². The van der Waals surface area contributed by atoms with Crippen molar-refractivity contribution in [2.24, 2.45) is 0 Å². The van der Waals surface area contributed by atoms with Crippen LogP contribution >= 0.6 is 11.6 Å². The zero-order valence-corrected chi connectivity index (χ0v) is 17.1. The van der Waals surface area contributed by atoms with Gasteiger partial charge >= 0.3 is 11.6 Å². The van der Waals surface area contributed by atoms with Crippen LogP contribution in [0.2, 0.25) is 5.02 Å². The highest BCUT2D eigenvalue weighted by Crippen LogP contribution is 2.25. The second-order valence-corrected chi connectivity index (χ2v) is 6.95. The van der Waals surface area contributed by atoms with Crippen LogP contribution in [0.3, 0.4) is 0 Å². The maximum atomic E-state index is 12.2. The molecule has 0 unspecified atom stereocenters. The predicted molar refractivity (Wildman–Crippen MR) is 112 cm³/mol. The summed E-state index contributed by atoms with van der Waals surface area (Å²) in [6.07, 6.45) is 0.773. The van der Waals surface area contributed by atoms with Crippen molar-refractivity contribution in [3.05, 3.63) is 84.7 Å². The van der Waals surface area contributed by atoms with E-state index in [0.29, 0.717) is 16.5 Å². The first kappa shape index (κ1) is 22.0. The molecule has 0 spiro atoms. The van der Waals surface area contributed by atoms with E-state index in [2.05, 4.69) is 5.32 Å². The second kappa shape index (κ2) is 9.40. The number of esters is 1. The highest BCUT2D eigenvalue weighted by molar-refractivity contribution is 6.32. The van der Waals surface area contributed by atoms with E-state index in [1.165, 1.54) is 18.2 Å². The van der Waals surface area contributed by atoms with Crippen molar-refractivity contribution < 1.29 is 23.7 Å². The number of benzene rings is 2. The zero-order chi connectivity index (χ0) is 22.5. The normalized spacial score (nSPS) is 10.6. The predicted octanol–water partition coefficient (Wildman–Crippen LogP) is 3.39. The van der Waals surface area contributed by atoms with Gasteiger partial charge in [-0.25, -0.2) is 4.79 Å². The number of nitro groups is 1. The Hall–Kier alpha value is -3.72. The molecule has 0 saturated heterocycles. The number of amides is 1. The van der Waals surface area contributed by atoms with Crippen LogP contribution in [0.5, 0.6) is 0 Å². The molecule has 160 valence electrons. The maximum absolute atomic E-state index is 12.2. The molecule has 3 rings (SSSR count). The lowest BCUT2D eigenvalue weighted by Crippen LogP contribution is -2.30. The van der Waals surface area contributed by atoms with Crippen molar-refractivity contribution >= 4 is 40.1 Å². The number of hydrogen-bond donors (Lipinski definition) is 1. The van der Waals surface area contributed by atoms with E-state index in [-0.39, 0.29) is 17.2 Å². The minimum Gasteiger partial charge on any atom is -0.459 e. The third-order valence-electron chi connectivity index (χ3n) is 4.49. The largest absolute Gasteiger partial charge is 0.459 e. The number of rotatable bonds is 7. The summed E-state index contributed by atoms with van der Waals surface area (Å²) in [4.78, 5) is 46.2. The summed E-state index contributed by atoms with van der Waals surface area (Å²) >= 11 is 5.72. The van der Waals surface area contributed by atoms with E-state index in [9.17, 15) is 24.5 Å². The van der Waals surface area contributed by atoms with Crippen molar-refractivity contribution in [2.45, 2.75) is 20.0 Å². The SMILES string of the molecule is CCc1ccc2c(COC(=O)CNC(=O)c3ccc(Cl)c([N+](=O)[O-])c3)cc(=O)oc2c1. The van der Waals surface area contributed by atoms with E-state index in [1.54, 1.807) is 12.1 Å². The van der Waals surface area contributed by atoms with Gasteiger partial charge in [0.05, 0.1) is 4.92 Å². The Bertz CT molecular complexity index is 1240. The Labute approximate surface area is 180 Å². The van der Waals surface area contributed by atoms with E-state index in [1.807, 2.05) is 13.0 Å². The number of carbonyl (C=O) groups excluding carboxylic acids is 2. The van der Waals surface area contributed by atoms with Gasteiger partial charge in [0.25, 0.3) is 11.6 Å². The monoisotopic (exact) mass is 444 g/mol. The zero-order valence-electron chi connectivity index (χ0n) is 16.3. The number of nitrogens with zero attached hydrogens (tertiary/aromatic N) is 1. The molecule has 1 aromatic heterocycles. The first-order valence-electron chi connectivity index (χ1n) is 9.22. The minimum absolute atomic E-state index is 0.0257. The molecular weight excluding hydrogens is 428 g/mol. The molecule has 0 fully saturated rings. The van der Waals surface area contributed by atoms with Crippen LogP contribution in [-0.2, 0) is 22.6 Å². The average molecular weight is 445 g/mol. The Kier molecular flexibility index (Phi) is 6.66. The van der Waals surface area contributed by atoms with Crippen molar-refractivity contribution in [2.75, 3.05) is 6.54 Å². The van der Waals surface area contributed by atoms with Gasteiger partial charge in [0.1, 0.15) is 23.8 Å². The Morgan fingerprint density at radius 2 is 1.97 bits per heavy atom. The lowest BCUT2D eigenvalue weighted by Gasteiger charge is -2.09. The topological polar surface area (TPSA) is 129 Å². The summed E-state index contributed by atoms with van der Waals surface area (Å²) < 4.78 is 10.4. The molecule has 0 bridgehead atoms. The van der Waals surface area contributed by atoms with E-state index < -0.39 is 34.7 Å². The molecule has 0 aliphatic rings. The standard InChI is InChI=1S/C21H17ClN2O7/c1-2-12-3-5-15-14(9-19(25)31-18(15)7-12)11-30-20(26)10-23-21(27)13-4-6-16(22)17(8-13)24(28)29/h3-9H,2,10-11H2,1H3,(H,23,27). The molecule has 0 aliphatic carbocycles. The third-order valence-corrected chi connectivity index (χ3v) is 4.81. The number of ether oxygens (including phenoxy) is 1. The first-order valence-corrected chi connectivity index (χ1v) is 9.59. The molecule has 1 amide bonds. The number of nitro benzene ring substituents is 1. The number of halogens is 1. The summed E-state index contributed by atoms with van der Waals surface area (Å²) in [6, 6.07) is 10.2. The van der Waals surface area contributed by atoms with Crippen LogP contribution in [0.15, 0.2) is 51.7 Å². The van der Waals surface area contributed by atoms with Gasteiger partial charge in [0.15, 0.2) is 0 Å². The quantitative estimate of drug-likeness (QED) is 0.256. The Balaban J connectivity index is 1.63. The molecular formula is C21H17ClN2O7. The van der Waals surface area contributed by atoms with Gasteiger partial charge in [-0.05, 0) is 30.2 Å². The van der Waals surface area contributed by atoms with Crippen LogP contribution in [0.25, 0.3) is 11.0 Å². The Morgan fingerprint density at radius 1 is 1.19 bits per heavy atom. The summed E-state index contributed by atoms with van der Waals surface area (Å²) in [5.74, 6) is -1.45. The smallest absolute Gasteiger partial charge is 0.336 e. The van der Waals surface area contributed by atoms with Crippen LogP contribution in [-0.4, -0.2) is 23.3 Å². The highest BCUT2D eigenvalue weighted by atomic mass is 35.5. The van der Waals surface area contributed by atoms with Crippen LogP contribution in [0.1, 0.15) is 28.4 Å². The lowest BCUT2D eigenvalue weighted by atomic mass is 10.1. The molecule has 0 atom stereocenters. The van der Waals surface area contributed by atoms with Gasteiger partial charge in [-0.2, -0.15) is 0 Å². The summed E-state index contributed by atoms with van der Waals surface area (Å²) in [5, 5.41) is 13.8.